The SMILES string of the molecule is CC(=O)N1CCN(C(=O)c2ccn(C)n2)C(c2ccccc2)C1. The zero-order chi connectivity index (χ0) is 16.4. The van der Waals surface area contributed by atoms with Gasteiger partial charge in [0.2, 0.25) is 5.91 Å². The first-order chi connectivity index (χ1) is 11.1. The van der Waals surface area contributed by atoms with Crippen LogP contribution in [0.5, 0.6) is 0 Å². The first-order valence-electron chi connectivity index (χ1n) is 7.67. The Bertz CT molecular complexity index is 710. The van der Waals surface area contributed by atoms with Gasteiger partial charge in [-0.2, -0.15) is 5.10 Å². The summed E-state index contributed by atoms with van der Waals surface area (Å²) < 4.78 is 1.62. The molecule has 3 rings (SSSR count). The lowest BCUT2D eigenvalue weighted by Gasteiger charge is -2.41. The van der Waals surface area contributed by atoms with Gasteiger partial charge in [0.05, 0.1) is 6.04 Å². The van der Waals surface area contributed by atoms with Gasteiger partial charge in [-0.15, -0.1) is 0 Å². The molecule has 0 spiro atoms. The predicted octanol–water partition coefficient (Wildman–Crippen LogP) is 1.47. The predicted molar refractivity (Wildman–Crippen MR) is 85.7 cm³/mol. The fraction of sp³-hybridized carbons (Fsp3) is 0.353. The maximum Gasteiger partial charge on any atom is 0.274 e. The molecule has 1 fully saturated rings. The second-order valence-electron chi connectivity index (χ2n) is 5.76. The van der Waals surface area contributed by atoms with E-state index in [0.717, 1.165) is 5.56 Å². The molecule has 2 heterocycles. The molecule has 1 saturated heterocycles. The summed E-state index contributed by atoms with van der Waals surface area (Å²) in [5.74, 6) is -0.0569. The van der Waals surface area contributed by atoms with Crippen molar-refractivity contribution in [3.8, 4) is 0 Å². The summed E-state index contributed by atoms with van der Waals surface area (Å²) in [5.41, 5.74) is 1.47. The quantitative estimate of drug-likeness (QED) is 0.843. The average Bonchev–Trinajstić information content (AvgIpc) is 3.01. The zero-order valence-electron chi connectivity index (χ0n) is 13.3. The fourth-order valence-corrected chi connectivity index (χ4v) is 2.95. The zero-order valence-corrected chi connectivity index (χ0v) is 13.3. The Morgan fingerprint density at radius 1 is 1.13 bits per heavy atom. The Morgan fingerprint density at radius 2 is 1.87 bits per heavy atom. The van der Waals surface area contributed by atoms with Crippen LogP contribution in [0.2, 0.25) is 0 Å². The maximum absolute atomic E-state index is 12.8. The monoisotopic (exact) mass is 312 g/mol. The molecule has 0 aliphatic carbocycles. The van der Waals surface area contributed by atoms with Crippen LogP contribution in [-0.2, 0) is 11.8 Å². The van der Waals surface area contributed by atoms with E-state index in [1.165, 1.54) is 0 Å². The van der Waals surface area contributed by atoms with E-state index in [1.807, 2.05) is 35.2 Å². The van der Waals surface area contributed by atoms with Crippen molar-refractivity contribution in [1.82, 2.24) is 19.6 Å². The van der Waals surface area contributed by atoms with E-state index in [-0.39, 0.29) is 17.9 Å². The molecule has 6 nitrogen and oxygen atoms in total. The molecule has 0 saturated carbocycles. The third kappa shape index (κ3) is 3.11. The standard InChI is InChI=1S/C17H20N4O2/c1-13(22)20-10-11-21(17(23)15-8-9-19(2)18-15)16(12-20)14-6-4-3-5-7-14/h3-9,16H,10-12H2,1-2H3. The van der Waals surface area contributed by atoms with Crippen LogP contribution in [0.4, 0.5) is 0 Å². The molecule has 23 heavy (non-hydrogen) atoms. The Hall–Kier alpha value is -2.63. The van der Waals surface area contributed by atoms with Crippen molar-refractivity contribution in [2.75, 3.05) is 19.6 Å². The molecule has 6 heteroatoms. The minimum Gasteiger partial charge on any atom is -0.339 e. The number of hydrogen-bond donors (Lipinski definition) is 0. The van der Waals surface area contributed by atoms with Gasteiger partial charge in [-0.25, -0.2) is 0 Å². The van der Waals surface area contributed by atoms with Gasteiger partial charge in [0.1, 0.15) is 5.69 Å². The summed E-state index contributed by atoms with van der Waals surface area (Å²) in [6, 6.07) is 11.4. The van der Waals surface area contributed by atoms with E-state index >= 15 is 0 Å². The maximum atomic E-state index is 12.8. The first kappa shape index (κ1) is 15.3. The molecule has 0 radical (unpaired) electrons. The number of carbonyl (C=O) groups excluding carboxylic acids is 2. The van der Waals surface area contributed by atoms with E-state index in [9.17, 15) is 9.59 Å². The van der Waals surface area contributed by atoms with Crippen LogP contribution in [-0.4, -0.2) is 51.0 Å². The third-order valence-electron chi connectivity index (χ3n) is 4.20. The summed E-state index contributed by atoms with van der Waals surface area (Å²) in [6.45, 7) is 3.14. The van der Waals surface area contributed by atoms with Crippen molar-refractivity contribution < 1.29 is 9.59 Å². The topological polar surface area (TPSA) is 58.4 Å². The molecule has 1 aliphatic rings. The molecule has 1 aromatic heterocycles. The lowest BCUT2D eigenvalue weighted by molar-refractivity contribution is -0.131. The molecule has 1 aliphatic heterocycles. The molecular weight excluding hydrogens is 292 g/mol. The largest absolute Gasteiger partial charge is 0.339 e. The number of nitrogens with zero attached hydrogens (tertiary/aromatic N) is 4. The summed E-state index contributed by atoms with van der Waals surface area (Å²) in [5, 5.41) is 4.21. The van der Waals surface area contributed by atoms with Gasteiger partial charge in [-0.05, 0) is 11.6 Å². The van der Waals surface area contributed by atoms with Crippen molar-refractivity contribution >= 4 is 11.8 Å². The molecule has 1 aromatic carbocycles. The minimum absolute atomic E-state index is 0.0378. The van der Waals surface area contributed by atoms with E-state index in [4.69, 9.17) is 0 Å². The van der Waals surface area contributed by atoms with Crippen LogP contribution in [0.25, 0.3) is 0 Å². The second-order valence-corrected chi connectivity index (χ2v) is 5.76. The molecule has 1 atom stereocenters. The molecular formula is C17H20N4O2. The van der Waals surface area contributed by atoms with Crippen LogP contribution in [0.1, 0.15) is 29.0 Å². The summed E-state index contributed by atoms with van der Waals surface area (Å²) >= 11 is 0. The molecule has 120 valence electrons. The van der Waals surface area contributed by atoms with Gasteiger partial charge in [0.25, 0.3) is 5.91 Å². The number of piperazine rings is 1. The number of aryl methyl sites for hydroxylation is 1. The number of hydrogen-bond acceptors (Lipinski definition) is 3. The minimum atomic E-state index is -0.150. The van der Waals surface area contributed by atoms with Crippen LogP contribution < -0.4 is 0 Å². The first-order valence-corrected chi connectivity index (χ1v) is 7.67. The number of amides is 2. The van der Waals surface area contributed by atoms with Crippen LogP contribution >= 0.6 is 0 Å². The van der Waals surface area contributed by atoms with Crippen LogP contribution in [0, 0.1) is 0 Å². The molecule has 0 bridgehead atoms. The van der Waals surface area contributed by atoms with Gasteiger partial charge >= 0.3 is 0 Å². The van der Waals surface area contributed by atoms with E-state index in [1.54, 1.807) is 35.8 Å². The van der Waals surface area contributed by atoms with E-state index in [2.05, 4.69) is 5.10 Å². The molecule has 2 aromatic rings. The third-order valence-corrected chi connectivity index (χ3v) is 4.20. The lowest BCUT2D eigenvalue weighted by Crippen LogP contribution is -2.52. The van der Waals surface area contributed by atoms with Crippen molar-refractivity contribution in [3.63, 3.8) is 0 Å². The summed E-state index contributed by atoms with van der Waals surface area (Å²) in [6.07, 6.45) is 1.76. The Kier molecular flexibility index (Phi) is 4.14. The van der Waals surface area contributed by atoms with Crippen LogP contribution in [0.15, 0.2) is 42.6 Å². The van der Waals surface area contributed by atoms with Gasteiger partial charge in [-0.3, -0.25) is 14.3 Å². The Labute approximate surface area is 135 Å². The smallest absolute Gasteiger partial charge is 0.274 e. The second kappa shape index (κ2) is 6.24. The fourth-order valence-electron chi connectivity index (χ4n) is 2.95. The average molecular weight is 312 g/mol. The Balaban J connectivity index is 1.90. The van der Waals surface area contributed by atoms with Gasteiger partial charge < -0.3 is 9.80 Å². The number of carbonyl (C=O) groups is 2. The highest BCUT2D eigenvalue weighted by molar-refractivity contribution is 5.92. The molecule has 0 N–H and O–H groups in total. The van der Waals surface area contributed by atoms with Gasteiger partial charge in [0.15, 0.2) is 0 Å². The highest BCUT2D eigenvalue weighted by Gasteiger charge is 2.33. The number of aromatic nitrogens is 2. The van der Waals surface area contributed by atoms with Crippen molar-refractivity contribution in [3.05, 3.63) is 53.9 Å². The molecule has 1 unspecified atom stereocenters. The molecule has 2 amide bonds. The highest BCUT2D eigenvalue weighted by atomic mass is 16.2. The lowest BCUT2D eigenvalue weighted by atomic mass is 10.0. The van der Waals surface area contributed by atoms with Crippen molar-refractivity contribution in [2.24, 2.45) is 7.05 Å². The van der Waals surface area contributed by atoms with Crippen molar-refractivity contribution in [1.29, 1.82) is 0 Å². The summed E-state index contributed by atoms with van der Waals surface area (Å²) in [4.78, 5) is 28.2. The summed E-state index contributed by atoms with van der Waals surface area (Å²) in [7, 11) is 1.79. The van der Waals surface area contributed by atoms with E-state index in [0.29, 0.717) is 25.3 Å². The van der Waals surface area contributed by atoms with Gasteiger partial charge in [-0.1, -0.05) is 30.3 Å². The Morgan fingerprint density at radius 3 is 2.48 bits per heavy atom. The number of rotatable bonds is 2. The van der Waals surface area contributed by atoms with E-state index < -0.39 is 0 Å². The van der Waals surface area contributed by atoms with Gasteiger partial charge in [0, 0.05) is 39.8 Å². The van der Waals surface area contributed by atoms with Crippen LogP contribution in [0.3, 0.4) is 0 Å². The normalized spacial score (nSPS) is 18.1. The highest BCUT2D eigenvalue weighted by Crippen LogP contribution is 2.26. The number of benzene rings is 1. The van der Waals surface area contributed by atoms with Crippen molar-refractivity contribution in [2.45, 2.75) is 13.0 Å².